The van der Waals surface area contributed by atoms with E-state index in [1.54, 1.807) is 20.8 Å². The summed E-state index contributed by atoms with van der Waals surface area (Å²) in [5.74, 6) is -0.637. The lowest BCUT2D eigenvalue weighted by Gasteiger charge is -2.18. The number of halogens is 3. The Balaban J connectivity index is 2.73. The van der Waals surface area contributed by atoms with Crippen LogP contribution in [-0.4, -0.2) is 36.1 Å². The van der Waals surface area contributed by atoms with Crippen LogP contribution in [0.2, 0.25) is 0 Å². The average molecular weight is 312 g/mol. The summed E-state index contributed by atoms with van der Waals surface area (Å²) in [6, 6.07) is 2.44. The third kappa shape index (κ3) is 4.95. The molecule has 0 aliphatic carbocycles. The molecular formula is C11H15F3N2O3S. The van der Waals surface area contributed by atoms with Crippen LogP contribution in [-0.2, 0) is 15.6 Å². The molecule has 1 aromatic heterocycles. The summed E-state index contributed by atoms with van der Waals surface area (Å²) in [6.07, 6.45) is -4.46. The molecule has 0 amide bonds. The molecule has 0 aromatic carbocycles. The summed E-state index contributed by atoms with van der Waals surface area (Å²) < 4.78 is 63.0. The minimum absolute atomic E-state index is 0.152. The fourth-order valence-electron chi connectivity index (χ4n) is 1.07. The molecule has 0 N–H and O–H groups in total. The lowest BCUT2D eigenvalue weighted by atomic mass is 10.3. The fraction of sp³-hybridized carbons (Fsp3) is 0.636. The Kier molecular flexibility index (Phi) is 4.62. The van der Waals surface area contributed by atoms with Gasteiger partial charge in [-0.3, -0.25) is 0 Å². The van der Waals surface area contributed by atoms with Gasteiger partial charge in [0, 0.05) is 6.07 Å². The molecular weight excluding hydrogens is 297 g/mol. The van der Waals surface area contributed by atoms with Crippen LogP contribution in [0.5, 0.6) is 5.88 Å². The Bertz CT molecular complexity index is 548. The van der Waals surface area contributed by atoms with Crippen molar-refractivity contribution in [2.75, 3.05) is 6.61 Å². The highest BCUT2D eigenvalue weighted by atomic mass is 32.2. The highest BCUT2D eigenvalue weighted by Crippen LogP contribution is 2.20. The second-order valence-corrected chi connectivity index (χ2v) is 7.88. The monoisotopic (exact) mass is 312 g/mol. The number of aromatic nitrogens is 2. The van der Waals surface area contributed by atoms with Crippen molar-refractivity contribution in [3.63, 3.8) is 0 Å². The molecule has 1 rings (SSSR count). The number of hydrogen-bond donors (Lipinski definition) is 0. The minimum Gasteiger partial charge on any atom is -0.467 e. The first-order valence-electron chi connectivity index (χ1n) is 5.65. The Hall–Kier alpha value is -1.38. The topological polar surface area (TPSA) is 69.2 Å². The quantitative estimate of drug-likeness (QED) is 0.852. The Labute approximate surface area is 115 Å². The predicted octanol–water partition coefficient (Wildman–Crippen LogP) is 2.13. The van der Waals surface area contributed by atoms with Crippen molar-refractivity contribution in [1.82, 2.24) is 10.2 Å². The summed E-state index contributed by atoms with van der Waals surface area (Å²) >= 11 is 0. The number of ether oxygens (including phenoxy) is 1. The fourth-order valence-corrected chi connectivity index (χ4v) is 2.04. The van der Waals surface area contributed by atoms with Gasteiger partial charge >= 0.3 is 6.18 Å². The zero-order chi connectivity index (χ0) is 15.6. The second-order valence-electron chi connectivity index (χ2n) is 5.14. The molecule has 0 aliphatic rings. The van der Waals surface area contributed by atoms with Crippen molar-refractivity contribution in [3.8, 4) is 5.88 Å². The summed E-state index contributed by atoms with van der Waals surface area (Å²) in [5, 5.41) is 6.97. The van der Waals surface area contributed by atoms with Gasteiger partial charge in [-0.2, -0.15) is 18.3 Å². The molecule has 0 radical (unpaired) electrons. The maximum atomic E-state index is 11.9. The smallest absolute Gasteiger partial charge is 0.422 e. The SMILES string of the molecule is CC(C)(C)S(=O)(=O)Cc1ccc(OCC(F)(F)F)nn1. The molecule has 0 aliphatic heterocycles. The third-order valence-corrected chi connectivity index (χ3v) is 4.89. The summed E-state index contributed by atoms with van der Waals surface area (Å²) in [7, 11) is -3.42. The van der Waals surface area contributed by atoms with Gasteiger partial charge in [-0.15, -0.1) is 5.10 Å². The molecule has 0 fully saturated rings. The molecule has 0 bridgehead atoms. The van der Waals surface area contributed by atoms with Crippen molar-refractivity contribution >= 4 is 9.84 Å². The van der Waals surface area contributed by atoms with Crippen molar-refractivity contribution < 1.29 is 26.3 Å². The van der Waals surface area contributed by atoms with E-state index in [0.717, 1.165) is 6.07 Å². The molecule has 0 saturated carbocycles. The molecule has 0 unspecified atom stereocenters. The molecule has 0 spiro atoms. The van der Waals surface area contributed by atoms with Gasteiger partial charge in [0.05, 0.1) is 16.2 Å². The molecule has 9 heteroatoms. The largest absolute Gasteiger partial charge is 0.467 e. The zero-order valence-electron chi connectivity index (χ0n) is 11.2. The van der Waals surface area contributed by atoms with Gasteiger partial charge in [-0.1, -0.05) is 0 Å². The second kappa shape index (κ2) is 5.55. The number of nitrogens with zero attached hydrogens (tertiary/aromatic N) is 2. The number of rotatable bonds is 4. The van der Waals surface area contributed by atoms with Gasteiger partial charge in [-0.25, -0.2) is 8.42 Å². The lowest BCUT2D eigenvalue weighted by Crippen LogP contribution is -2.29. The van der Waals surface area contributed by atoms with Crippen LogP contribution in [0.15, 0.2) is 12.1 Å². The standard InChI is InChI=1S/C11H15F3N2O3S/c1-10(2,3)20(17,18)6-8-4-5-9(16-15-8)19-7-11(12,13)14/h4-5H,6-7H2,1-3H3. The van der Waals surface area contributed by atoms with Crippen LogP contribution in [0.25, 0.3) is 0 Å². The maximum absolute atomic E-state index is 11.9. The van der Waals surface area contributed by atoms with Crippen LogP contribution in [0, 0.1) is 0 Å². The summed E-state index contributed by atoms with van der Waals surface area (Å²) in [4.78, 5) is 0. The van der Waals surface area contributed by atoms with Crippen LogP contribution in [0.3, 0.4) is 0 Å². The van der Waals surface area contributed by atoms with Gasteiger partial charge in [0.2, 0.25) is 5.88 Å². The summed E-state index contributed by atoms with van der Waals surface area (Å²) in [5.41, 5.74) is 0.152. The number of alkyl halides is 3. The Morgan fingerprint density at radius 2 is 1.75 bits per heavy atom. The van der Waals surface area contributed by atoms with E-state index in [0.29, 0.717) is 0 Å². The normalized spacial score (nSPS) is 13.3. The highest BCUT2D eigenvalue weighted by Gasteiger charge is 2.30. The number of sulfone groups is 1. The van der Waals surface area contributed by atoms with Crippen LogP contribution in [0.1, 0.15) is 26.5 Å². The molecule has 0 atom stereocenters. The van der Waals surface area contributed by atoms with E-state index in [1.165, 1.54) is 6.07 Å². The van der Waals surface area contributed by atoms with Crippen LogP contribution < -0.4 is 4.74 Å². The lowest BCUT2D eigenvalue weighted by molar-refractivity contribution is -0.154. The molecule has 1 heterocycles. The van der Waals surface area contributed by atoms with E-state index >= 15 is 0 Å². The van der Waals surface area contributed by atoms with Crippen LogP contribution in [0.4, 0.5) is 13.2 Å². The predicted molar refractivity (Wildman–Crippen MR) is 66.0 cm³/mol. The van der Waals surface area contributed by atoms with Gasteiger partial charge in [0.25, 0.3) is 0 Å². The highest BCUT2D eigenvalue weighted by molar-refractivity contribution is 7.91. The zero-order valence-corrected chi connectivity index (χ0v) is 12.0. The van der Waals surface area contributed by atoms with Crippen molar-refractivity contribution in [3.05, 3.63) is 17.8 Å². The van der Waals surface area contributed by atoms with Crippen molar-refractivity contribution in [1.29, 1.82) is 0 Å². The van der Waals surface area contributed by atoms with E-state index in [2.05, 4.69) is 14.9 Å². The van der Waals surface area contributed by atoms with Crippen molar-refractivity contribution in [2.24, 2.45) is 0 Å². The first kappa shape index (κ1) is 16.7. The van der Waals surface area contributed by atoms with Gasteiger partial charge in [0.1, 0.15) is 0 Å². The summed E-state index contributed by atoms with van der Waals surface area (Å²) in [6.45, 7) is 3.19. The molecule has 0 saturated heterocycles. The Morgan fingerprint density at radius 3 is 2.15 bits per heavy atom. The first-order valence-corrected chi connectivity index (χ1v) is 7.30. The van der Waals surface area contributed by atoms with E-state index in [-0.39, 0.29) is 17.3 Å². The molecule has 5 nitrogen and oxygen atoms in total. The molecule has 114 valence electrons. The van der Waals surface area contributed by atoms with E-state index < -0.39 is 27.4 Å². The van der Waals surface area contributed by atoms with Gasteiger partial charge < -0.3 is 4.74 Å². The Morgan fingerprint density at radius 1 is 1.15 bits per heavy atom. The van der Waals surface area contributed by atoms with Crippen molar-refractivity contribution in [2.45, 2.75) is 37.4 Å². The molecule has 20 heavy (non-hydrogen) atoms. The van der Waals surface area contributed by atoms with E-state index in [9.17, 15) is 21.6 Å². The minimum atomic E-state index is -4.46. The first-order chi connectivity index (χ1) is 8.91. The maximum Gasteiger partial charge on any atom is 0.422 e. The average Bonchev–Trinajstić information content (AvgIpc) is 2.25. The number of hydrogen-bond acceptors (Lipinski definition) is 5. The van der Waals surface area contributed by atoms with Gasteiger partial charge in [0.15, 0.2) is 16.4 Å². The van der Waals surface area contributed by atoms with Crippen LogP contribution >= 0.6 is 0 Å². The van der Waals surface area contributed by atoms with Gasteiger partial charge in [-0.05, 0) is 26.8 Å². The third-order valence-electron chi connectivity index (χ3n) is 2.35. The molecule has 1 aromatic rings. The van der Waals surface area contributed by atoms with E-state index in [4.69, 9.17) is 0 Å². The van der Waals surface area contributed by atoms with E-state index in [1.807, 2.05) is 0 Å².